The number of rotatable bonds is 2. The van der Waals surface area contributed by atoms with Crippen LogP contribution in [0.4, 0.5) is 0 Å². The predicted molar refractivity (Wildman–Crippen MR) is 52.0 cm³/mol. The van der Waals surface area contributed by atoms with Crippen molar-refractivity contribution in [2.24, 2.45) is 0 Å². The van der Waals surface area contributed by atoms with E-state index in [9.17, 15) is 5.11 Å². The van der Waals surface area contributed by atoms with Gasteiger partial charge in [-0.1, -0.05) is 0 Å². The summed E-state index contributed by atoms with van der Waals surface area (Å²) in [7, 11) is 0. The van der Waals surface area contributed by atoms with Crippen molar-refractivity contribution in [3.63, 3.8) is 0 Å². The Morgan fingerprint density at radius 2 is 2.21 bits per heavy atom. The molecule has 2 N–H and O–H groups in total. The van der Waals surface area contributed by atoms with Crippen molar-refractivity contribution < 1.29 is 5.11 Å². The molecule has 0 atom stereocenters. The summed E-state index contributed by atoms with van der Waals surface area (Å²) < 4.78 is 0. The minimum Gasteiger partial charge on any atom is -0.506 e. The molecule has 0 amide bonds. The molecule has 0 fully saturated rings. The molecule has 2 aromatic heterocycles. The van der Waals surface area contributed by atoms with E-state index in [1.165, 1.54) is 0 Å². The second-order valence-electron chi connectivity index (χ2n) is 3.18. The van der Waals surface area contributed by atoms with Crippen LogP contribution in [0.3, 0.4) is 0 Å². The summed E-state index contributed by atoms with van der Waals surface area (Å²) in [6, 6.07) is 3.65. The van der Waals surface area contributed by atoms with Gasteiger partial charge < -0.3 is 5.11 Å². The Hall–Kier alpha value is -1.84. The van der Waals surface area contributed by atoms with Gasteiger partial charge in [-0.15, -0.1) is 0 Å². The fourth-order valence-electron chi connectivity index (χ4n) is 1.30. The van der Waals surface area contributed by atoms with E-state index < -0.39 is 0 Å². The molecule has 0 bridgehead atoms. The van der Waals surface area contributed by atoms with Gasteiger partial charge in [-0.3, -0.25) is 10.1 Å². The van der Waals surface area contributed by atoms with Gasteiger partial charge in [0, 0.05) is 24.5 Å². The molecule has 14 heavy (non-hydrogen) atoms. The molecule has 4 nitrogen and oxygen atoms in total. The van der Waals surface area contributed by atoms with E-state index in [1.807, 2.05) is 13.0 Å². The van der Waals surface area contributed by atoms with Crippen LogP contribution in [0, 0.1) is 6.92 Å². The Kier molecular flexibility index (Phi) is 2.18. The summed E-state index contributed by atoms with van der Waals surface area (Å²) in [5, 5.41) is 16.4. The highest BCUT2D eigenvalue weighted by molar-refractivity contribution is 5.36. The second kappa shape index (κ2) is 3.49. The smallest absolute Gasteiger partial charge is 0.140 e. The Morgan fingerprint density at radius 1 is 1.36 bits per heavy atom. The largest absolute Gasteiger partial charge is 0.506 e. The van der Waals surface area contributed by atoms with Crippen molar-refractivity contribution in [3.05, 3.63) is 41.5 Å². The number of hydrogen-bond acceptors (Lipinski definition) is 3. The number of aromatic amines is 1. The molecule has 0 aliphatic heterocycles. The van der Waals surface area contributed by atoms with E-state index in [0.717, 1.165) is 11.3 Å². The van der Waals surface area contributed by atoms with Crippen LogP contribution in [-0.2, 0) is 6.42 Å². The molecule has 2 rings (SSSR count). The first-order valence-corrected chi connectivity index (χ1v) is 4.39. The van der Waals surface area contributed by atoms with Gasteiger partial charge in [-0.25, -0.2) is 0 Å². The number of aryl methyl sites for hydroxylation is 1. The topological polar surface area (TPSA) is 61.8 Å². The van der Waals surface area contributed by atoms with Gasteiger partial charge >= 0.3 is 0 Å². The molecule has 72 valence electrons. The minimum absolute atomic E-state index is 0.266. The van der Waals surface area contributed by atoms with Crippen LogP contribution in [0.15, 0.2) is 24.5 Å². The highest BCUT2D eigenvalue weighted by atomic mass is 16.3. The Bertz CT molecular complexity index is 423. The average Bonchev–Trinajstić information content (AvgIpc) is 2.66. The van der Waals surface area contributed by atoms with Crippen LogP contribution < -0.4 is 0 Å². The van der Waals surface area contributed by atoms with Crippen molar-refractivity contribution >= 4 is 0 Å². The Morgan fingerprint density at radius 3 is 2.93 bits per heavy atom. The maximum Gasteiger partial charge on any atom is 0.140 e. The van der Waals surface area contributed by atoms with Crippen molar-refractivity contribution in [2.75, 3.05) is 0 Å². The molecule has 0 aliphatic carbocycles. The monoisotopic (exact) mass is 189 g/mol. The van der Waals surface area contributed by atoms with Crippen molar-refractivity contribution in [2.45, 2.75) is 13.3 Å². The quantitative estimate of drug-likeness (QED) is 0.750. The number of H-pyrrole nitrogens is 1. The first-order chi connectivity index (χ1) is 6.77. The number of pyridine rings is 1. The predicted octanol–water partition coefficient (Wildman–Crippen LogP) is 1.41. The van der Waals surface area contributed by atoms with Crippen molar-refractivity contribution in [1.29, 1.82) is 0 Å². The van der Waals surface area contributed by atoms with Crippen LogP contribution in [0.25, 0.3) is 0 Å². The summed E-state index contributed by atoms with van der Waals surface area (Å²) in [4.78, 5) is 4.12. The zero-order valence-electron chi connectivity index (χ0n) is 7.86. The number of hydrogen-bond donors (Lipinski definition) is 2. The number of aromatic hydroxyl groups is 1. The van der Waals surface area contributed by atoms with Crippen LogP contribution in [-0.4, -0.2) is 20.3 Å². The molecule has 0 aromatic carbocycles. The van der Waals surface area contributed by atoms with E-state index in [2.05, 4.69) is 15.2 Å². The maximum absolute atomic E-state index is 9.70. The van der Waals surface area contributed by atoms with E-state index >= 15 is 0 Å². The molecule has 0 saturated heterocycles. The van der Waals surface area contributed by atoms with Gasteiger partial charge in [0.25, 0.3) is 0 Å². The molecule has 2 heterocycles. The number of nitrogens with zero attached hydrogens (tertiary/aromatic N) is 2. The summed E-state index contributed by atoms with van der Waals surface area (Å²) in [5.41, 5.74) is 2.46. The molecule has 0 radical (unpaired) electrons. The van der Waals surface area contributed by atoms with Gasteiger partial charge in [-0.2, -0.15) is 5.10 Å². The molecule has 2 aromatic rings. The summed E-state index contributed by atoms with van der Waals surface area (Å²) in [6.07, 6.45) is 3.95. The second-order valence-corrected chi connectivity index (χ2v) is 3.18. The van der Waals surface area contributed by atoms with Gasteiger partial charge in [0.2, 0.25) is 0 Å². The lowest BCUT2D eigenvalue weighted by Crippen LogP contribution is -1.94. The highest BCUT2D eigenvalue weighted by Crippen LogP contribution is 2.20. The van der Waals surface area contributed by atoms with Crippen molar-refractivity contribution in [3.8, 4) is 5.75 Å². The highest BCUT2D eigenvalue weighted by Gasteiger charge is 2.06. The zero-order chi connectivity index (χ0) is 9.97. The average molecular weight is 189 g/mol. The van der Waals surface area contributed by atoms with E-state index in [-0.39, 0.29) is 5.75 Å². The lowest BCUT2D eigenvalue weighted by atomic mass is 10.1. The normalized spacial score (nSPS) is 10.4. The maximum atomic E-state index is 9.70. The zero-order valence-corrected chi connectivity index (χ0v) is 7.86. The minimum atomic E-state index is 0.266. The van der Waals surface area contributed by atoms with E-state index in [4.69, 9.17) is 0 Å². The molecule has 0 saturated carbocycles. The van der Waals surface area contributed by atoms with Gasteiger partial charge in [0.15, 0.2) is 0 Å². The van der Waals surface area contributed by atoms with E-state index in [0.29, 0.717) is 12.1 Å². The van der Waals surface area contributed by atoms with Gasteiger partial charge in [0.1, 0.15) is 5.75 Å². The van der Waals surface area contributed by atoms with Crippen LogP contribution in [0.2, 0.25) is 0 Å². The van der Waals surface area contributed by atoms with Crippen LogP contribution in [0.1, 0.15) is 17.0 Å². The van der Waals surface area contributed by atoms with Gasteiger partial charge in [0.05, 0.1) is 5.69 Å². The molecular weight excluding hydrogens is 178 g/mol. The molecule has 0 unspecified atom stereocenters. The third-order valence-electron chi connectivity index (χ3n) is 2.12. The standard InChI is InChI=1S/C10H11N3O/c1-7-2-4-11-9(10(7)14)6-8-3-5-12-13-8/h2-5,14H,6H2,1H3,(H,12,13). The summed E-state index contributed by atoms with van der Waals surface area (Å²) >= 11 is 0. The molecule has 4 heteroatoms. The van der Waals surface area contributed by atoms with Crippen molar-refractivity contribution in [1.82, 2.24) is 15.2 Å². The third kappa shape index (κ3) is 1.59. The molecule has 0 aliphatic rings. The third-order valence-corrected chi connectivity index (χ3v) is 2.12. The van der Waals surface area contributed by atoms with Crippen LogP contribution >= 0.6 is 0 Å². The Balaban J connectivity index is 2.29. The van der Waals surface area contributed by atoms with Gasteiger partial charge in [-0.05, 0) is 24.6 Å². The Labute approximate surface area is 81.6 Å². The number of nitrogens with one attached hydrogen (secondary N) is 1. The SMILES string of the molecule is Cc1ccnc(Cc2ccn[nH]2)c1O. The molecular formula is C10H11N3O. The number of aromatic nitrogens is 3. The lowest BCUT2D eigenvalue weighted by Gasteiger charge is -2.03. The fraction of sp³-hybridized carbons (Fsp3) is 0.200. The fourth-order valence-corrected chi connectivity index (χ4v) is 1.30. The lowest BCUT2D eigenvalue weighted by molar-refractivity contribution is 0.461. The first-order valence-electron chi connectivity index (χ1n) is 4.39. The van der Waals surface area contributed by atoms with E-state index in [1.54, 1.807) is 18.5 Å². The molecule has 0 spiro atoms. The summed E-state index contributed by atoms with van der Waals surface area (Å²) in [5.74, 6) is 0.266. The van der Waals surface area contributed by atoms with Crippen LogP contribution in [0.5, 0.6) is 5.75 Å². The summed E-state index contributed by atoms with van der Waals surface area (Å²) in [6.45, 7) is 1.85. The first kappa shape index (κ1) is 8.74.